The van der Waals surface area contributed by atoms with E-state index in [1.165, 1.54) is 5.57 Å². The maximum Gasteiger partial charge on any atom is 0.334 e. The van der Waals surface area contributed by atoms with Gasteiger partial charge in [0, 0.05) is 18.1 Å². The van der Waals surface area contributed by atoms with Gasteiger partial charge in [0.1, 0.15) is 6.10 Å². The molecular formula is C17H24O3. The standard InChI is InChI=1S/C17H24O3/c1-5-19-15-9-7-13-10-16(20-17(13)18)14(11(2)3)8-6-12(15)4/h6,10,14-16H,2,5,7-9H2,1,3-4H3/b12-6+/t14-,15+,16-/m0/s1. The Morgan fingerprint density at radius 2 is 2.30 bits per heavy atom. The van der Waals surface area contributed by atoms with Crippen molar-refractivity contribution >= 4 is 5.97 Å². The van der Waals surface area contributed by atoms with E-state index in [4.69, 9.17) is 9.47 Å². The summed E-state index contributed by atoms with van der Waals surface area (Å²) in [4.78, 5) is 11.9. The number of hydrogen-bond donors (Lipinski definition) is 0. The van der Waals surface area contributed by atoms with Crippen LogP contribution < -0.4 is 0 Å². The van der Waals surface area contributed by atoms with Crippen molar-refractivity contribution < 1.29 is 14.3 Å². The number of esters is 1. The molecule has 0 spiro atoms. The quantitative estimate of drug-likeness (QED) is 0.584. The first-order chi connectivity index (χ1) is 9.52. The number of fused-ring (bicyclic) bond motifs is 1. The molecule has 0 amide bonds. The molecular weight excluding hydrogens is 252 g/mol. The average molecular weight is 276 g/mol. The molecule has 0 aromatic carbocycles. The molecule has 3 nitrogen and oxygen atoms in total. The molecule has 2 aliphatic rings. The Labute approximate surface area is 121 Å². The summed E-state index contributed by atoms with van der Waals surface area (Å²) in [6.07, 6.45) is 6.53. The molecule has 1 aliphatic heterocycles. The zero-order valence-corrected chi connectivity index (χ0v) is 12.6. The fraction of sp³-hybridized carbons (Fsp3) is 0.588. The molecule has 1 aliphatic carbocycles. The molecule has 0 N–H and O–H groups in total. The summed E-state index contributed by atoms with van der Waals surface area (Å²) in [5, 5.41) is 0. The molecule has 2 bridgehead atoms. The predicted octanol–water partition coefficient (Wildman–Crippen LogP) is 3.57. The zero-order valence-electron chi connectivity index (χ0n) is 12.6. The maximum absolute atomic E-state index is 11.9. The second-order valence-electron chi connectivity index (χ2n) is 5.68. The van der Waals surface area contributed by atoms with Gasteiger partial charge in [0.15, 0.2) is 0 Å². The summed E-state index contributed by atoms with van der Waals surface area (Å²) in [6, 6.07) is 0. The largest absolute Gasteiger partial charge is 0.454 e. The SMILES string of the molecule is C=C(C)[C@@H]1C/C=C(\C)[C@H](OCC)CCC2=C[C@@H]1OC2=O. The molecule has 1 heterocycles. The lowest BCUT2D eigenvalue weighted by molar-refractivity contribution is -0.141. The highest BCUT2D eigenvalue weighted by atomic mass is 16.5. The molecule has 0 radical (unpaired) electrons. The van der Waals surface area contributed by atoms with E-state index in [0.717, 1.165) is 24.0 Å². The van der Waals surface area contributed by atoms with Crippen LogP contribution in [0, 0.1) is 5.92 Å². The van der Waals surface area contributed by atoms with Gasteiger partial charge in [-0.3, -0.25) is 0 Å². The second-order valence-corrected chi connectivity index (χ2v) is 5.68. The molecule has 0 unspecified atom stereocenters. The normalized spacial score (nSPS) is 33.0. The van der Waals surface area contributed by atoms with Crippen LogP contribution in [-0.2, 0) is 14.3 Å². The third kappa shape index (κ3) is 3.21. The van der Waals surface area contributed by atoms with Crippen molar-refractivity contribution in [2.75, 3.05) is 6.61 Å². The molecule has 3 atom stereocenters. The third-order valence-electron chi connectivity index (χ3n) is 4.15. The second kappa shape index (κ2) is 6.40. The minimum atomic E-state index is -0.170. The minimum Gasteiger partial charge on any atom is -0.454 e. The lowest BCUT2D eigenvalue weighted by Gasteiger charge is -2.22. The predicted molar refractivity (Wildman–Crippen MR) is 79.3 cm³/mol. The van der Waals surface area contributed by atoms with E-state index in [0.29, 0.717) is 13.0 Å². The van der Waals surface area contributed by atoms with Crippen LogP contribution in [0.3, 0.4) is 0 Å². The summed E-state index contributed by atoms with van der Waals surface area (Å²) in [5.41, 5.74) is 3.09. The van der Waals surface area contributed by atoms with E-state index < -0.39 is 0 Å². The lowest BCUT2D eigenvalue weighted by Crippen LogP contribution is -2.21. The van der Waals surface area contributed by atoms with Crippen molar-refractivity contribution in [3.63, 3.8) is 0 Å². The first kappa shape index (κ1) is 15.0. The Bertz CT molecular complexity index is 459. The van der Waals surface area contributed by atoms with E-state index in [2.05, 4.69) is 19.6 Å². The number of carbonyl (C=O) groups is 1. The van der Waals surface area contributed by atoms with Crippen LogP contribution in [0.5, 0.6) is 0 Å². The maximum atomic E-state index is 11.9. The van der Waals surface area contributed by atoms with Crippen molar-refractivity contribution in [1.82, 2.24) is 0 Å². The van der Waals surface area contributed by atoms with Crippen molar-refractivity contribution in [3.8, 4) is 0 Å². The molecule has 2 rings (SSSR count). The summed E-state index contributed by atoms with van der Waals surface area (Å²) < 4.78 is 11.3. The van der Waals surface area contributed by atoms with Crippen molar-refractivity contribution in [3.05, 3.63) is 35.5 Å². The first-order valence-electron chi connectivity index (χ1n) is 7.38. The fourth-order valence-electron chi connectivity index (χ4n) is 2.87. The highest BCUT2D eigenvalue weighted by Crippen LogP contribution is 2.32. The molecule has 0 fully saturated rings. The Kier molecular flexibility index (Phi) is 4.81. The smallest absolute Gasteiger partial charge is 0.334 e. The first-order valence-corrected chi connectivity index (χ1v) is 7.38. The van der Waals surface area contributed by atoms with Crippen LogP contribution in [0.2, 0.25) is 0 Å². The number of hydrogen-bond acceptors (Lipinski definition) is 3. The molecule has 0 aromatic heterocycles. The van der Waals surface area contributed by atoms with Gasteiger partial charge in [-0.1, -0.05) is 18.2 Å². The Balaban J connectivity index is 2.26. The highest BCUT2D eigenvalue weighted by Gasteiger charge is 2.32. The van der Waals surface area contributed by atoms with Gasteiger partial charge in [-0.2, -0.15) is 0 Å². The summed E-state index contributed by atoms with van der Waals surface area (Å²) in [6.45, 7) is 10.8. The molecule has 0 saturated heterocycles. The highest BCUT2D eigenvalue weighted by molar-refractivity contribution is 5.91. The number of allylic oxidation sites excluding steroid dienone is 1. The van der Waals surface area contributed by atoms with Gasteiger partial charge in [-0.25, -0.2) is 4.79 Å². The van der Waals surface area contributed by atoms with E-state index >= 15 is 0 Å². The van der Waals surface area contributed by atoms with Crippen LogP contribution in [0.25, 0.3) is 0 Å². The number of carbonyl (C=O) groups excluding carboxylic acids is 1. The average Bonchev–Trinajstić information content (AvgIpc) is 2.74. The van der Waals surface area contributed by atoms with E-state index in [1.54, 1.807) is 0 Å². The van der Waals surface area contributed by atoms with E-state index in [1.807, 2.05) is 19.9 Å². The summed E-state index contributed by atoms with van der Waals surface area (Å²) >= 11 is 0. The molecule has 110 valence electrons. The summed E-state index contributed by atoms with van der Waals surface area (Å²) in [5.74, 6) is -0.0113. The molecule has 20 heavy (non-hydrogen) atoms. The lowest BCUT2D eigenvalue weighted by atomic mass is 9.88. The summed E-state index contributed by atoms with van der Waals surface area (Å²) in [7, 11) is 0. The number of rotatable bonds is 3. The van der Waals surface area contributed by atoms with Crippen LogP contribution in [0.4, 0.5) is 0 Å². The minimum absolute atomic E-state index is 0.0941. The van der Waals surface area contributed by atoms with Gasteiger partial charge >= 0.3 is 5.97 Å². The van der Waals surface area contributed by atoms with Crippen LogP contribution in [0.15, 0.2) is 35.5 Å². The topological polar surface area (TPSA) is 35.5 Å². The van der Waals surface area contributed by atoms with Gasteiger partial charge in [0.25, 0.3) is 0 Å². The van der Waals surface area contributed by atoms with Gasteiger partial charge in [-0.15, -0.1) is 0 Å². The monoisotopic (exact) mass is 276 g/mol. The van der Waals surface area contributed by atoms with Gasteiger partial charge in [0.2, 0.25) is 0 Å². The zero-order chi connectivity index (χ0) is 14.7. The Morgan fingerprint density at radius 3 is 2.95 bits per heavy atom. The molecule has 3 heteroatoms. The van der Waals surface area contributed by atoms with Gasteiger partial charge < -0.3 is 9.47 Å². The molecule has 0 saturated carbocycles. The van der Waals surface area contributed by atoms with Crippen LogP contribution >= 0.6 is 0 Å². The van der Waals surface area contributed by atoms with E-state index in [-0.39, 0.29) is 24.1 Å². The Morgan fingerprint density at radius 1 is 1.55 bits per heavy atom. The van der Waals surface area contributed by atoms with E-state index in [9.17, 15) is 4.79 Å². The van der Waals surface area contributed by atoms with Gasteiger partial charge in [-0.05, 0) is 51.7 Å². The number of ether oxygens (including phenoxy) is 2. The van der Waals surface area contributed by atoms with Crippen molar-refractivity contribution in [2.45, 2.75) is 52.2 Å². The Hall–Kier alpha value is -1.35. The van der Waals surface area contributed by atoms with Crippen molar-refractivity contribution in [2.24, 2.45) is 5.92 Å². The van der Waals surface area contributed by atoms with Crippen molar-refractivity contribution in [1.29, 1.82) is 0 Å². The van der Waals surface area contributed by atoms with Crippen LogP contribution in [-0.4, -0.2) is 24.8 Å². The molecule has 0 aromatic rings. The fourth-order valence-corrected chi connectivity index (χ4v) is 2.87. The van der Waals surface area contributed by atoms with Gasteiger partial charge in [0.05, 0.1) is 6.10 Å². The van der Waals surface area contributed by atoms with Crippen LogP contribution in [0.1, 0.15) is 40.0 Å². The third-order valence-corrected chi connectivity index (χ3v) is 4.15.